The normalized spacial score (nSPS) is 16.8. The molecule has 0 bridgehead atoms. The largest absolute Gasteiger partial charge is 0.257 e. The Morgan fingerprint density at radius 1 is 0.840 bits per heavy atom. The van der Waals surface area contributed by atoms with Crippen LogP contribution in [-0.4, -0.2) is 12.0 Å². The van der Waals surface area contributed by atoms with E-state index in [2.05, 4.69) is 90.1 Å². The topological polar surface area (TPSA) is 15.6 Å². The lowest BCUT2D eigenvalue weighted by Gasteiger charge is -2.23. The van der Waals surface area contributed by atoms with E-state index in [-0.39, 0.29) is 6.04 Å². The zero-order valence-electron chi connectivity index (χ0n) is 14.2. The number of benzene rings is 3. The summed E-state index contributed by atoms with van der Waals surface area (Å²) in [5.41, 5.74) is 4.78. The summed E-state index contributed by atoms with van der Waals surface area (Å²) in [4.78, 5) is 1.28. The second-order valence-electron chi connectivity index (χ2n) is 6.09. The van der Waals surface area contributed by atoms with Crippen molar-refractivity contribution in [1.29, 1.82) is 0 Å². The molecule has 3 heteroatoms. The van der Waals surface area contributed by atoms with Gasteiger partial charge in [-0.3, -0.25) is 5.01 Å². The van der Waals surface area contributed by atoms with Crippen LogP contribution in [0.15, 0.2) is 94.9 Å². The summed E-state index contributed by atoms with van der Waals surface area (Å²) in [7, 11) is 0. The van der Waals surface area contributed by atoms with Crippen molar-refractivity contribution in [3.8, 4) is 0 Å². The maximum atomic E-state index is 4.99. The predicted molar refractivity (Wildman–Crippen MR) is 107 cm³/mol. The van der Waals surface area contributed by atoms with E-state index in [1.54, 1.807) is 11.8 Å². The molecule has 0 aromatic heterocycles. The molecule has 2 nitrogen and oxygen atoms in total. The molecule has 1 aliphatic rings. The van der Waals surface area contributed by atoms with Gasteiger partial charge in [0, 0.05) is 11.3 Å². The third kappa shape index (κ3) is 3.33. The van der Waals surface area contributed by atoms with Gasteiger partial charge in [0.2, 0.25) is 0 Å². The average Bonchev–Trinajstić information content (AvgIpc) is 3.15. The van der Waals surface area contributed by atoms with Gasteiger partial charge in [0.25, 0.3) is 0 Å². The number of anilines is 1. The molecule has 0 fully saturated rings. The van der Waals surface area contributed by atoms with Crippen LogP contribution in [0.5, 0.6) is 0 Å². The van der Waals surface area contributed by atoms with Gasteiger partial charge in [0.1, 0.15) is 0 Å². The molecule has 1 unspecified atom stereocenters. The van der Waals surface area contributed by atoms with Crippen LogP contribution in [-0.2, 0) is 0 Å². The molecule has 0 amide bonds. The van der Waals surface area contributed by atoms with Gasteiger partial charge in [-0.2, -0.15) is 5.10 Å². The van der Waals surface area contributed by atoms with Gasteiger partial charge in [0.15, 0.2) is 0 Å². The maximum Gasteiger partial charge on any atom is 0.0831 e. The monoisotopic (exact) mass is 344 g/mol. The number of hydrogen-bond acceptors (Lipinski definition) is 3. The van der Waals surface area contributed by atoms with Crippen molar-refractivity contribution in [2.45, 2.75) is 17.4 Å². The van der Waals surface area contributed by atoms with Crippen molar-refractivity contribution in [1.82, 2.24) is 0 Å². The quantitative estimate of drug-likeness (QED) is 0.559. The molecule has 1 aliphatic heterocycles. The van der Waals surface area contributed by atoms with E-state index in [0.29, 0.717) is 0 Å². The molecule has 4 rings (SSSR count). The number of para-hydroxylation sites is 1. The highest BCUT2D eigenvalue weighted by Crippen LogP contribution is 2.36. The highest BCUT2D eigenvalue weighted by Gasteiger charge is 2.29. The second-order valence-corrected chi connectivity index (χ2v) is 6.97. The van der Waals surface area contributed by atoms with E-state index in [9.17, 15) is 0 Å². The molecule has 25 heavy (non-hydrogen) atoms. The molecule has 124 valence electrons. The number of thioether (sulfide) groups is 1. The van der Waals surface area contributed by atoms with Crippen molar-refractivity contribution >= 4 is 23.2 Å². The molecule has 3 aromatic rings. The van der Waals surface area contributed by atoms with Gasteiger partial charge in [-0.1, -0.05) is 60.7 Å². The molecule has 0 radical (unpaired) electrons. The first-order valence-electron chi connectivity index (χ1n) is 8.46. The standard InChI is InChI=1S/C22H20N2S/c1-25-20-14-12-17(13-15-20)21-16-22(18-8-4-2-5-9-18)24(23-21)19-10-6-3-7-11-19/h2-15,22H,16H2,1H3. The SMILES string of the molecule is CSc1ccc(C2=NN(c3ccccc3)C(c3ccccc3)C2)cc1. The maximum absolute atomic E-state index is 4.99. The predicted octanol–water partition coefficient (Wildman–Crippen LogP) is 5.76. The van der Waals surface area contributed by atoms with E-state index in [4.69, 9.17) is 5.10 Å². The van der Waals surface area contributed by atoms with E-state index < -0.39 is 0 Å². The smallest absolute Gasteiger partial charge is 0.0831 e. The first kappa shape index (κ1) is 16.0. The van der Waals surface area contributed by atoms with Gasteiger partial charge in [0.05, 0.1) is 17.4 Å². The van der Waals surface area contributed by atoms with Crippen LogP contribution in [0.25, 0.3) is 0 Å². The van der Waals surface area contributed by atoms with Gasteiger partial charge >= 0.3 is 0 Å². The first-order valence-corrected chi connectivity index (χ1v) is 9.69. The molecule has 0 spiro atoms. The summed E-state index contributed by atoms with van der Waals surface area (Å²) in [5.74, 6) is 0. The third-order valence-electron chi connectivity index (χ3n) is 4.54. The Kier molecular flexibility index (Phi) is 4.57. The van der Waals surface area contributed by atoms with Crippen LogP contribution in [0.4, 0.5) is 5.69 Å². The highest BCUT2D eigenvalue weighted by atomic mass is 32.2. The second kappa shape index (κ2) is 7.16. The Labute approximate surface area is 153 Å². The molecule has 0 saturated carbocycles. The zero-order chi connectivity index (χ0) is 17.1. The highest BCUT2D eigenvalue weighted by molar-refractivity contribution is 7.98. The van der Waals surface area contributed by atoms with Crippen molar-refractivity contribution in [3.05, 3.63) is 96.1 Å². The van der Waals surface area contributed by atoms with Gasteiger partial charge in [-0.05, 0) is 41.6 Å². The first-order chi connectivity index (χ1) is 12.3. The average molecular weight is 344 g/mol. The molecule has 3 aromatic carbocycles. The Bertz CT molecular complexity index is 858. The van der Waals surface area contributed by atoms with Gasteiger partial charge in [-0.25, -0.2) is 0 Å². The lowest BCUT2D eigenvalue weighted by atomic mass is 9.98. The van der Waals surface area contributed by atoms with Crippen molar-refractivity contribution < 1.29 is 0 Å². The summed E-state index contributed by atoms with van der Waals surface area (Å²) >= 11 is 1.76. The minimum Gasteiger partial charge on any atom is -0.257 e. The van der Waals surface area contributed by atoms with Crippen LogP contribution < -0.4 is 5.01 Å². The Hall–Kier alpha value is -2.52. The minimum atomic E-state index is 0.235. The summed E-state index contributed by atoms with van der Waals surface area (Å²) in [6.45, 7) is 0. The van der Waals surface area contributed by atoms with Crippen molar-refractivity contribution in [2.75, 3.05) is 11.3 Å². The molecule has 1 heterocycles. The summed E-state index contributed by atoms with van der Waals surface area (Å²) in [6.07, 6.45) is 3.02. The van der Waals surface area contributed by atoms with Crippen LogP contribution in [0.2, 0.25) is 0 Å². The lowest BCUT2D eigenvalue weighted by molar-refractivity contribution is 0.709. The number of hydrogen-bond donors (Lipinski definition) is 0. The summed E-state index contributed by atoms with van der Waals surface area (Å²) in [6, 6.07) is 30.0. The number of hydrazone groups is 1. The van der Waals surface area contributed by atoms with Crippen LogP contribution in [0, 0.1) is 0 Å². The minimum absolute atomic E-state index is 0.235. The fraction of sp³-hybridized carbons (Fsp3) is 0.136. The molecule has 0 N–H and O–H groups in total. The molecule has 0 aliphatic carbocycles. The number of rotatable bonds is 4. The summed E-state index contributed by atoms with van der Waals surface area (Å²) < 4.78 is 0. The Morgan fingerprint density at radius 2 is 1.48 bits per heavy atom. The van der Waals surface area contributed by atoms with Crippen LogP contribution in [0.3, 0.4) is 0 Å². The Balaban J connectivity index is 1.71. The molecule has 1 atom stereocenters. The van der Waals surface area contributed by atoms with Gasteiger partial charge in [-0.15, -0.1) is 11.8 Å². The van der Waals surface area contributed by atoms with Crippen LogP contribution >= 0.6 is 11.8 Å². The van der Waals surface area contributed by atoms with Gasteiger partial charge < -0.3 is 0 Å². The van der Waals surface area contributed by atoms with E-state index in [1.165, 1.54) is 16.0 Å². The molecular formula is C22H20N2S. The molecule has 0 saturated heterocycles. The third-order valence-corrected chi connectivity index (χ3v) is 5.28. The summed E-state index contributed by atoms with van der Waals surface area (Å²) in [5, 5.41) is 7.14. The fourth-order valence-corrected chi connectivity index (χ4v) is 3.63. The van der Waals surface area contributed by atoms with E-state index in [1.807, 2.05) is 6.07 Å². The molecular weight excluding hydrogens is 324 g/mol. The van der Waals surface area contributed by atoms with Crippen molar-refractivity contribution in [2.24, 2.45) is 5.10 Å². The van der Waals surface area contributed by atoms with Crippen molar-refractivity contribution in [3.63, 3.8) is 0 Å². The van der Waals surface area contributed by atoms with E-state index >= 15 is 0 Å². The fourth-order valence-electron chi connectivity index (χ4n) is 3.22. The lowest BCUT2D eigenvalue weighted by Crippen LogP contribution is -2.18. The zero-order valence-corrected chi connectivity index (χ0v) is 15.0. The van der Waals surface area contributed by atoms with E-state index in [0.717, 1.165) is 17.8 Å². The Morgan fingerprint density at radius 3 is 2.12 bits per heavy atom. The van der Waals surface area contributed by atoms with Crippen LogP contribution in [0.1, 0.15) is 23.6 Å². The number of nitrogens with zero attached hydrogens (tertiary/aromatic N) is 2.